The first-order valence-corrected chi connectivity index (χ1v) is 11.7. The number of methoxy groups -OCH3 is 2. The Kier molecular flexibility index (Phi) is 6.03. The van der Waals surface area contributed by atoms with Gasteiger partial charge in [0.25, 0.3) is 0 Å². The standard InChI is InChI=1S/C29H28N2O4/c1-18(32)31-26-7-5-4-6-24(26)30-25-16-21(19-8-12-22(34-2)13-9-19)17-27(33)28(25)29(31)20-10-14-23(35-3)15-11-20/h4-15,21,29-30H,16-17H2,1-3H3/t21-,29+/m0/s1. The van der Waals surface area contributed by atoms with E-state index in [9.17, 15) is 9.59 Å². The number of hydrogen-bond donors (Lipinski definition) is 1. The SMILES string of the molecule is COc1ccc([C@@H]2CC(=O)C3=C(C2)Nc2ccccc2N(C(C)=O)[C@@H]3c2ccc(OC)cc2)cc1. The van der Waals surface area contributed by atoms with E-state index in [-0.39, 0.29) is 17.6 Å². The van der Waals surface area contributed by atoms with E-state index in [2.05, 4.69) is 5.32 Å². The molecule has 1 N–H and O–H groups in total. The summed E-state index contributed by atoms with van der Waals surface area (Å²) in [5.41, 5.74) is 5.03. The van der Waals surface area contributed by atoms with Gasteiger partial charge in [0.2, 0.25) is 5.91 Å². The van der Waals surface area contributed by atoms with Gasteiger partial charge < -0.3 is 14.8 Å². The number of ketones is 1. The lowest BCUT2D eigenvalue weighted by atomic mass is 9.78. The first kappa shape index (κ1) is 22.7. The molecule has 3 aromatic rings. The quantitative estimate of drug-likeness (QED) is 0.538. The number of anilines is 2. The maximum atomic E-state index is 13.8. The third-order valence-electron chi connectivity index (χ3n) is 6.85. The van der Waals surface area contributed by atoms with Crippen LogP contribution in [0.15, 0.2) is 84.1 Å². The molecule has 0 bridgehead atoms. The summed E-state index contributed by atoms with van der Waals surface area (Å²) < 4.78 is 10.6. The Morgan fingerprint density at radius 2 is 1.46 bits per heavy atom. The highest BCUT2D eigenvalue weighted by Gasteiger charge is 2.40. The summed E-state index contributed by atoms with van der Waals surface area (Å²) in [6, 6.07) is 22.7. The molecule has 0 saturated carbocycles. The van der Waals surface area contributed by atoms with E-state index in [1.54, 1.807) is 26.0 Å². The molecule has 0 aromatic heterocycles. The molecule has 0 saturated heterocycles. The minimum absolute atomic E-state index is 0.0345. The number of rotatable bonds is 4. The van der Waals surface area contributed by atoms with Crippen LogP contribution in [-0.4, -0.2) is 25.9 Å². The Hall–Kier alpha value is -4.06. The average Bonchev–Trinajstić information content (AvgIpc) is 3.03. The van der Waals surface area contributed by atoms with Crippen LogP contribution in [0.25, 0.3) is 0 Å². The molecule has 1 amide bonds. The molecular weight excluding hydrogens is 440 g/mol. The van der Waals surface area contributed by atoms with Crippen molar-refractivity contribution in [2.45, 2.75) is 31.7 Å². The van der Waals surface area contributed by atoms with Gasteiger partial charge in [0.1, 0.15) is 11.5 Å². The molecule has 0 unspecified atom stereocenters. The van der Waals surface area contributed by atoms with Crippen molar-refractivity contribution in [1.29, 1.82) is 0 Å². The van der Waals surface area contributed by atoms with E-state index in [1.165, 1.54) is 0 Å². The Morgan fingerprint density at radius 3 is 2.06 bits per heavy atom. The van der Waals surface area contributed by atoms with Crippen molar-refractivity contribution in [3.63, 3.8) is 0 Å². The number of para-hydroxylation sites is 2. The fourth-order valence-corrected chi connectivity index (χ4v) is 5.15. The van der Waals surface area contributed by atoms with Gasteiger partial charge in [-0.15, -0.1) is 0 Å². The summed E-state index contributed by atoms with van der Waals surface area (Å²) in [5.74, 6) is 1.46. The van der Waals surface area contributed by atoms with Crippen molar-refractivity contribution in [3.05, 3.63) is 95.2 Å². The van der Waals surface area contributed by atoms with Crippen molar-refractivity contribution in [1.82, 2.24) is 0 Å². The van der Waals surface area contributed by atoms with Crippen molar-refractivity contribution in [2.24, 2.45) is 0 Å². The van der Waals surface area contributed by atoms with Crippen LogP contribution in [-0.2, 0) is 9.59 Å². The summed E-state index contributed by atoms with van der Waals surface area (Å²) in [5, 5.41) is 3.54. The first-order chi connectivity index (χ1) is 17.0. The normalized spacial score (nSPS) is 19.3. The molecule has 0 fully saturated rings. The van der Waals surface area contributed by atoms with Crippen LogP contribution in [0.5, 0.6) is 11.5 Å². The van der Waals surface area contributed by atoms with Gasteiger partial charge in [-0.1, -0.05) is 36.4 Å². The fourth-order valence-electron chi connectivity index (χ4n) is 5.15. The molecule has 5 rings (SSSR count). The fraction of sp³-hybridized carbons (Fsp3) is 0.241. The van der Waals surface area contributed by atoms with E-state index in [0.717, 1.165) is 39.7 Å². The third-order valence-corrected chi connectivity index (χ3v) is 6.85. The lowest BCUT2D eigenvalue weighted by Gasteiger charge is -2.34. The smallest absolute Gasteiger partial charge is 0.224 e. The highest BCUT2D eigenvalue weighted by Crippen LogP contribution is 2.47. The molecule has 0 spiro atoms. The zero-order valence-corrected chi connectivity index (χ0v) is 20.1. The molecule has 2 aliphatic rings. The Bertz CT molecular complexity index is 1300. The second-order valence-electron chi connectivity index (χ2n) is 8.90. The number of carbonyl (C=O) groups excluding carboxylic acids is 2. The van der Waals surface area contributed by atoms with Crippen LogP contribution in [0, 0.1) is 0 Å². The maximum absolute atomic E-state index is 13.8. The van der Waals surface area contributed by atoms with Crippen molar-refractivity contribution in [2.75, 3.05) is 24.4 Å². The van der Waals surface area contributed by atoms with E-state index in [4.69, 9.17) is 9.47 Å². The number of ether oxygens (including phenoxy) is 2. The Balaban J connectivity index is 1.65. The maximum Gasteiger partial charge on any atom is 0.224 e. The van der Waals surface area contributed by atoms with E-state index in [1.807, 2.05) is 72.8 Å². The number of hydrogen-bond acceptors (Lipinski definition) is 5. The van der Waals surface area contributed by atoms with Crippen LogP contribution < -0.4 is 19.7 Å². The monoisotopic (exact) mass is 468 g/mol. The molecule has 6 heteroatoms. The predicted octanol–water partition coefficient (Wildman–Crippen LogP) is 5.62. The van der Waals surface area contributed by atoms with E-state index < -0.39 is 6.04 Å². The topological polar surface area (TPSA) is 67.9 Å². The van der Waals surface area contributed by atoms with Crippen LogP contribution in [0.3, 0.4) is 0 Å². The van der Waals surface area contributed by atoms with Gasteiger partial charge in [-0.3, -0.25) is 14.5 Å². The summed E-state index contributed by atoms with van der Waals surface area (Å²) in [7, 11) is 3.26. The van der Waals surface area contributed by atoms with Gasteiger partial charge in [-0.05, 0) is 59.9 Å². The molecule has 3 aromatic carbocycles. The van der Waals surface area contributed by atoms with Crippen LogP contribution in [0.2, 0.25) is 0 Å². The number of nitrogens with one attached hydrogen (secondary N) is 1. The van der Waals surface area contributed by atoms with Gasteiger partial charge in [0.05, 0.1) is 31.6 Å². The predicted molar refractivity (Wildman–Crippen MR) is 136 cm³/mol. The largest absolute Gasteiger partial charge is 0.497 e. The zero-order chi connectivity index (χ0) is 24.5. The Morgan fingerprint density at radius 1 is 0.857 bits per heavy atom. The van der Waals surface area contributed by atoms with E-state index in [0.29, 0.717) is 18.4 Å². The molecule has 35 heavy (non-hydrogen) atoms. The van der Waals surface area contributed by atoms with Crippen molar-refractivity contribution in [3.8, 4) is 11.5 Å². The molecule has 0 radical (unpaired) electrons. The minimum Gasteiger partial charge on any atom is -0.497 e. The molecule has 1 aliphatic heterocycles. The second kappa shape index (κ2) is 9.29. The molecular formula is C29H28N2O4. The summed E-state index contributed by atoms with van der Waals surface area (Å²) in [4.78, 5) is 28.6. The highest BCUT2D eigenvalue weighted by molar-refractivity contribution is 6.06. The lowest BCUT2D eigenvalue weighted by Crippen LogP contribution is -2.37. The van der Waals surface area contributed by atoms with Gasteiger partial charge >= 0.3 is 0 Å². The number of Topliss-reactive ketones (excluding diaryl/α,β-unsaturated/α-hetero) is 1. The lowest BCUT2D eigenvalue weighted by molar-refractivity contribution is -0.117. The third kappa shape index (κ3) is 4.16. The number of carbonyl (C=O) groups is 2. The average molecular weight is 469 g/mol. The van der Waals surface area contributed by atoms with Gasteiger partial charge in [0.15, 0.2) is 5.78 Å². The van der Waals surface area contributed by atoms with Gasteiger partial charge in [-0.25, -0.2) is 0 Å². The van der Waals surface area contributed by atoms with Crippen LogP contribution in [0.1, 0.15) is 42.9 Å². The Labute approximate surface area is 205 Å². The number of nitrogens with zero attached hydrogens (tertiary/aromatic N) is 1. The molecule has 6 nitrogen and oxygen atoms in total. The number of fused-ring (bicyclic) bond motifs is 1. The zero-order valence-electron chi connectivity index (χ0n) is 20.1. The van der Waals surface area contributed by atoms with E-state index >= 15 is 0 Å². The summed E-state index contributed by atoms with van der Waals surface area (Å²) >= 11 is 0. The summed E-state index contributed by atoms with van der Waals surface area (Å²) in [6.45, 7) is 1.55. The number of benzene rings is 3. The molecule has 178 valence electrons. The van der Waals surface area contributed by atoms with Gasteiger partial charge in [0, 0.05) is 24.6 Å². The van der Waals surface area contributed by atoms with Crippen molar-refractivity contribution < 1.29 is 19.1 Å². The van der Waals surface area contributed by atoms with Gasteiger partial charge in [-0.2, -0.15) is 0 Å². The number of allylic oxidation sites excluding steroid dienone is 1. The first-order valence-electron chi connectivity index (χ1n) is 11.7. The second-order valence-corrected chi connectivity index (χ2v) is 8.90. The minimum atomic E-state index is -0.533. The van der Waals surface area contributed by atoms with Crippen LogP contribution in [0.4, 0.5) is 11.4 Å². The molecule has 1 heterocycles. The number of amides is 1. The highest BCUT2D eigenvalue weighted by atomic mass is 16.5. The molecule has 2 atom stereocenters. The van der Waals surface area contributed by atoms with Crippen LogP contribution >= 0.6 is 0 Å². The molecule has 1 aliphatic carbocycles. The van der Waals surface area contributed by atoms with Crippen molar-refractivity contribution >= 4 is 23.1 Å². The summed E-state index contributed by atoms with van der Waals surface area (Å²) in [6.07, 6.45) is 1.04.